The number of aromatic nitrogens is 3. The van der Waals surface area contributed by atoms with Crippen molar-refractivity contribution in [1.29, 1.82) is 5.26 Å². The normalized spacial score (nSPS) is 29.0. The third kappa shape index (κ3) is 2.22. The van der Waals surface area contributed by atoms with Crippen LogP contribution in [0.5, 0.6) is 0 Å². The number of aliphatic hydroxyl groups is 1. The molecule has 0 bridgehead atoms. The lowest BCUT2D eigenvalue weighted by molar-refractivity contribution is -0.0244. The van der Waals surface area contributed by atoms with E-state index in [2.05, 4.69) is 16.2 Å². The van der Waals surface area contributed by atoms with Crippen LogP contribution in [0.2, 0.25) is 0 Å². The SMILES string of the molecule is Cn1ncnc1C1(O)CCC(C#N)(c2ccccc2)CC1. The molecule has 108 valence electrons. The average Bonchev–Trinajstić information content (AvgIpc) is 2.96. The van der Waals surface area contributed by atoms with Gasteiger partial charge in [-0.25, -0.2) is 4.98 Å². The molecule has 1 aromatic carbocycles. The molecule has 1 saturated carbocycles. The second-order valence-corrected chi connectivity index (χ2v) is 5.80. The minimum atomic E-state index is -0.986. The fraction of sp³-hybridized carbons (Fsp3) is 0.438. The van der Waals surface area contributed by atoms with E-state index in [1.54, 1.807) is 11.7 Å². The summed E-state index contributed by atoms with van der Waals surface area (Å²) in [5, 5.41) is 24.6. The standard InChI is InChI=1S/C16H18N4O/c1-20-14(18-12-19-20)16(21)9-7-15(11-17,8-10-16)13-5-3-2-4-6-13/h2-6,12,21H,7-10H2,1H3. The topological polar surface area (TPSA) is 74.7 Å². The van der Waals surface area contributed by atoms with Gasteiger partial charge < -0.3 is 5.11 Å². The van der Waals surface area contributed by atoms with Gasteiger partial charge in [0.05, 0.1) is 11.5 Å². The molecule has 0 aliphatic heterocycles. The summed E-state index contributed by atoms with van der Waals surface area (Å²) in [6.07, 6.45) is 3.73. The summed E-state index contributed by atoms with van der Waals surface area (Å²) in [4.78, 5) is 4.18. The molecular weight excluding hydrogens is 264 g/mol. The van der Waals surface area contributed by atoms with Crippen molar-refractivity contribution < 1.29 is 5.11 Å². The maximum absolute atomic E-state index is 10.9. The molecule has 5 nitrogen and oxygen atoms in total. The molecule has 1 aromatic heterocycles. The van der Waals surface area contributed by atoms with Gasteiger partial charge in [-0.15, -0.1) is 0 Å². The Morgan fingerprint density at radius 2 is 1.86 bits per heavy atom. The molecule has 21 heavy (non-hydrogen) atoms. The van der Waals surface area contributed by atoms with Crippen LogP contribution < -0.4 is 0 Å². The van der Waals surface area contributed by atoms with Crippen molar-refractivity contribution in [3.63, 3.8) is 0 Å². The monoisotopic (exact) mass is 282 g/mol. The molecule has 3 rings (SSSR count). The Kier molecular flexibility index (Phi) is 3.26. The summed E-state index contributed by atoms with van der Waals surface area (Å²) in [5.41, 5.74) is -0.459. The Bertz CT molecular complexity index is 663. The van der Waals surface area contributed by atoms with Gasteiger partial charge in [-0.3, -0.25) is 4.68 Å². The summed E-state index contributed by atoms with van der Waals surface area (Å²) in [7, 11) is 1.78. The predicted molar refractivity (Wildman–Crippen MR) is 77.1 cm³/mol. The van der Waals surface area contributed by atoms with E-state index in [0.717, 1.165) is 5.56 Å². The van der Waals surface area contributed by atoms with Gasteiger partial charge in [0.25, 0.3) is 0 Å². The molecule has 1 fully saturated rings. The third-order valence-corrected chi connectivity index (χ3v) is 4.60. The average molecular weight is 282 g/mol. The number of aryl methyl sites for hydroxylation is 1. The first-order valence-corrected chi connectivity index (χ1v) is 7.13. The van der Waals surface area contributed by atoms with Crippen molar-refractivity contribution in [2.24, 2.45) is 7.05 Å². The minimum absolute atomic E-state index is 0.508. The zero-order chi connectivity index (χ0) is 14.9. The molecule has 0 saturated heterocycles. The Balaban J connectivity index is 1.87. The van der Waals surface area contributed by atoms with E-state index in [1.165, 1.54) is 6.33 Å². The zero-order valence-electron chi connectivity index (χ0n) is 12.0. The molecule has 0 unspecified atom stereocenters. The zero-order valence-corrected chi connectivity index (χ0v) is 12.0. The maximum Gasteiger partial charge on any atom is 0.158 e. The highest BCUT2D eigenvalue weighted by Crippen LogP contribution is 2.46. The molecule has 0 atom stereocenters. The lowest BCUT2D eigenvalue weighted by atomic mass is 9.66. The number of hydrogen-bond acceptors (Lipinski definition) is 4. The molecule has 0 amide bonds. The molecule has 1 N–H and O–H groups in total. The summed E-state index contributed by atoms with van der Waals surface area (Å²) in [5.74, 6) is 0.585. The summed E-state index contributed by atoms with van der Waals surface area (Å²) in [6.45, 7) is 0. The summed E-state index contributed by atoms with van der Waals surface area (Å²) < 4.78 is 1.61. The highest BCUT2D eigenvalue weighted by molar-refractivity contribution is 5.33. The fourth-order valence-electron chi connectivity index (χ4n) is 3.25. The Morgan fingerprint density at radius 3 is 2.38 bits per heavy atom. The van der Waals surface area contributed by atoms with E-state index >= 15 is 0 Å². The lowest BCUT2D eigenvalue weighted by Crippen LogP contribution is -2.40. The molecular formula is C16H18N4O. The maximum atomic E-state index is 10.9. The second-order valence-electron chi connectivity index (χ2n) is 5.80. The van der Waals surface area contributed by atoms with E-state index in [9.17, 15) is 10.4 Å². The van der Waals surface area contributed by atoms with Crippen LogP contribution >= 0.6 is 0 Å². The first-order valence-electron chi connectivity index (χ1n) is 7.13. The van der Waals surface area contributed by atoms with Crippen LogP contribution in [0.1, 0.15) is 37.1 Å². The second kappa shape index (κ2) is 4.97. The van der Waals surface area contributed by atoms with E-state index in [0.29, 0.717) is 31.5 Å². The van der Waals surface area contributed by atoms with Crippen molar-refractivity contribution in [2.75, 3.05) is 0 Å². The van der Waals surface area contributed by atoms with Crippen molar-refractivity contribution >= 4 is 0 Å². The Labute approximate surface area is 123 Å². The number of hydrogen-bond donors (Lipinski definition) is 1. The molecule has 0 spiro atoms. The van der Waals surface area contributed by atoms with Crippen molar-refractivity contribution in [3.8, 4) is 6.07 Å². The summed E-state index contributed by atoms with van der Waals surface area (Å²) >= 11 is 0. The first-order chi connectivity index (χ1) is 10.1. The van der Waals surface area contributed by atoms with Crippen LogP contribution in [0.15, 0.2) is 36.7 Å². The van der Waals surface area contributed by atoms with Crippen LogP contribution in [0.4, 0.5) is 0 Å². The number of nitrogens with zero attached hydrogens (tertiary/aromatic N) is 4. The summed E-state index contributed by atoms with van der Waals surface area (Å²) in [6, 6.07) is 12.3. The third-order valence-electron chi connectivity index (χ3n) is 4.60. The van der Waals surface area contributed by atoms with E-state index < -0.39 is 11.0 Å². The van der Waals surface area contributed by atoms with E-state index in [1.807, 2.05) is 30.3 Å². The van der Waals surface area contributed by atoms with Gasteiger partial charge in [0.1, 0.15) is 11.9 Å². The largest absolute Gasteiger partial charge is 0.382 e. The van der Waals surface area contributed by atoms with Crippen LogP contribution in [-0.2, 0) is 18.1 Å². The van der Waals surface area contributed by atoms with Crippen LogP contribution in [0, 0.1) is 11.3 Å². The van der Waals surface area contributed by atoms with Gasteiger partial charge in [-0.2, -0.15) is 10.4 Å². The lowest BCUT2D eigenvalue weighted by Gasteiger charge is -2.39. The van der Waals surface area contributed by atoms with Gasteiger partial charge >= 0.3 is 0 Å². The first kappa shape index (κ1) is 13.8. The number of rotatable bonds is 2. The highest BCUT2D eigenvalue weighted by atomic mass is 16.3. The van der Waals surface area contributed by atoms with Gasteiger partial charge in [0, 0.05) is 7.05 Å². The van der Waals surface area contributed by atoms with Crippen molar-refractivity contribution in [3.05, 3.63) is 48.0 Å². The molecule has 2 aromatic rings. The quantitative estimate of drug-likeness (QED) is 0.914. The number of nitriles is 1. The molecule has 5 heteroatoms. The predicted octanol–water partition coefficient (Wildman–Crippen LogP) is 2.04. The van der Waals surface area contributed by atoms with Crippen LogP contribution in [0.25, 0.3) is 0 Å². The fourth-order valence-corrected chi connectivity index (χ4v) is 3.25. The molecule has 1 heterocycles. The molecule has 1 aliphatic carbocycles. The van der Waals surface area contributed by atoms with Crippen molar-refractivity contribution in [1.82, 2.24) is 14.8 Å². The molecule has 1 aliphatic rings. The smallest absolute Gasteiger partial charge is 0.158 e. The van der Waals surface area contributed by atoms with Gasteiger partial charge in [-0.05, 0) is 31.2 Å². The van der Waals surface area contributed by atoms with Gasteiger partial charge in [0.15, 0.2) is 5.82 Å². The molecule has 0 radical (unpaired) electrons. The van der Waals surface area contributed by atoms with E-state index in [-0.39, 0.29) is 0 Å². The Morgan fingerprint density at radius 1 is 1.19 bits per heavy atom. The minimum Gasteiger partial charge on any atom is -0.382 e. The van der Waals surface area contributed by atoms with E-state index in [4.69, 9.17) is 0 Å². The Hall–Kier alpha value is -2.19. The van der Waals surface area contributed by atoms with Gasteiger partial charge in [-0.1, -0.05) is 30.3 Å². The highest BCUT2D eigenvalue weighted by Gasteiger charge is 2.45. The van der Waals surface area contributed by atoms with Crippen LogP contribution in [0.3, 0.4) is 0 Å². The van der Waals surface area contributed by atoms with Crippen LogP contribution in [-0.4, -0.2) is 19.9 Å². The van der Waals surface area contributed by atoms with Crippen molar-refractivity contribution in [2.45, 2.75) is 36.7 Å². The number of benzene rings is 1. The van der Waals surface area contributed by atoms with Gasteiger partial charge in [0.2, 0.25) is 0 Å².